The molecule has 0 saturated heterocycles. The molecule has 3 rings (SSSR count). The van der Waals surface area contributed by atoms with Crippen molar-refractivity contribution in [2.24, 2.45) is 0 Å². The number of quaternary nitrogens is 1. The summed E-state index contributed by atoms with van der Waals surface area (Å²) in [6.45, 7) is 3.17. The molecule has 4 heteroatoms. The topological polar surface area (TPSA) is 59.8 Å². The molecule has 1 spiro atoms. The van der Waals surface area contributed by atoms with Gasteiger partial charge in [0.05, 0.1) is 10.5 Å². The number of hydrogen-bond donors (Lipinski definition) is 1. The summed E-state index contributed by atoms with van der Waals surface area (Å²) in [5, 5.41) is 13.4. The van der Waals surface area contributed by atoms with Crippen molar-refractivity contribution in [1.82, 2.24) is 0 Å². The molecule has 1 heterocycles. The summed E-state index contributed by atoms with van der Waals surface area (Å²) < 4.78 is 0. The van der Waals surface area contributed by atoms with Crippen molar-refractivity contribution in [2.45, 2.75) is 63.5 Å². The molecule has 1 aliphatic heterocycles. The van der Waals surface area contributed by atoms with Crippen LogP contribution in [0.4, 0.5) is 5.69 Å². The third kappa shape index (κ3) is 2.44. The van der Waals surface area contributed by atoms with E-state index in [1.165, 1.54) is 44.1 Å². The molecule has 20 heavy (non-hydrogen) atoms. The maximum Gasteiger partial charge on any atom is 0.269 e. The molecule has 4 nitrogen and oxygen atoms in total. The number of hydrogen-bond acceptors (Lipinski definition) is 2. The zero-order valence-electron chi connectivity index (χ0n) is 12.1. The van der Waals surface area contributed by atoms with Crippen LogP contribution in [0.3, 0.4) is 0 Å². The summed E-state index contributed by atoms with van der Waals surface area (Å²) in [6.07, 6.45) is 7.83. The van der Waals surface area contributed by atoms with E-state index in [0.29, 0.717) is 11.5 Å². The fraction of sp³-hybridized carbons (Fsp3) is 0.625. The number of benzene rings is 1. The third-order valence-electron chi connectivity index (χ3n) is 5.19. The third-order valence-corrected chi connectivity index (χ3v) is 5.19. The van der Waals surface area contributed by atoms with Gasteiger partial charge >= 0.3 is 0 Å². The number of nitrogens with zero attached hydrogens (tertiary/aromatic N) is 1. The van der Waals surface area contributed by atoms with E-state index < -0.39 is 0 Å². The van der Waals surface area contributed by atoms with Gasteiger partial charge in [-0.15, -0.1) is 0 Å². The van der Waals surface area contributed by atoms with Crippen molar-refractivity contribution < 1.29 is 10.2 Å². The second kappa shape index (κ2) is 5.17. The first-order valence-corrected chi connectivity index (χ1v) is 7.71. The van der Waals surface area contributed by atoms with E-state index in [0.717, 1.165) is 12.1 Å². The lowest BCUT2D eigenvalue weighted by molar-refractivity contribution is -0.745. The van der Waals surface area contributed by atoms with Gasteiger partial charge in [-0.05, 0) is 24.3 Å². The highest BCUT2D eigenvalue weighted by Crippen LogP contribution is 2.37. The highest BCUT2D eigenvalue weighted by Gasteiger charge is 2.39. The molecule has 0 radical (unpaired) electrons. The van der Waals surface area contributed by atoms with Crippen LogP contribution < -0.4 is 5.32 Å². The van der Waals surface area contributed by atoms with Crippen molar-refractivity contribution >= 4 is 5.69 Å². The standard InChI is InChI=1S/C16H22N2O2/c1-12-10-16(7-3-2-4-8-16)17-11-13-9-14(18(19)20)5-6-15(12)13/h5-6,9,12,17H,2-4,7-8,10-11H2,1H3/p+1/t12-/m1/s1. The van der Waals surface area contributed by atoms with Crippen molar-refractivity contribution in [1.29, 1.82) is 0 Å². The molecular weight excluding hydrogens is 252 g/mol. The largest absolute Gasteiger partial charge is 0.338 e. The van der Waals surface area contributed by atoms with Crippen LogP contribution in [0.2, 0.25) is 0 Å². The predicted molar refractivity (Wildman–Crippen MR) is 77.6 cm³/mol. The number of nitrogens with two attached hydrogens (primary N) is 1. The van der Waals surface area contributed by atoms with Crippen LogP contribution in [0.25, 0.3) is 0 Å². The fourth-order valence-corrected chi connectivity index (χ4v) is 4.16. The van der Waals surface area contributed by atoms with Crippen LogP contribution in [-0.2, 0) is 6.54 Å². The highest BCUT2D eigenvalue weighted by molar-refractivity contribution is 5.41. The Morgan fingerprint density at radius 2 is 2.05 bits per heavy atom. The normalized spacial score (nSPS) is 24.9. The van der Waals surface area contributed by atoms with Gasteiger partial charge in [-0.2, -0.15) is 0 Å². The minimum atomic E-state index is -0.286. The molecule has 1 atom stereocenters. The van der Waals surface area contributed by atoms with Gasteiger partial charge in [-0.1, -0.05) is 19.4 Å². The van der Waals surface area contributed by atoms with Crippen LogP contribution in [-0.4, -0.2) is 10.5 Å². The number of rotatable bonds is 1. The second-order valence-electron chi connectivity index (χ2n) is 6.58. The van der Waals surface area contributed by atoms with Crippen molar-refractivity contribution in [3.8, 4) is 0 Å². The average molecular weight is 275 g/mol. The summed E-state index contributed by atoms with van der Waals surface area (Å²) in [6, 6.07) is 5.42. The van der Waals surface area contributed by atoms with Crippen LogP contribution in [0, 0.1) is 10.1 Å². The molecular formula is C16H23N2O2+. The van der Waals surface area contributed by atoms with Gasteiger partial charge in [-0.3, -0.25) is 10.1 Å². The van der Waals surface area contributed by atoms with Gasteiger partial charge < -0.3 is 5.32 Å². The van der Waals surface area contributed by atoms with E-state index in [9.17, 15) is 10.1 Å². The number of fused-ring (bicyclic) bond motifs is 1. The van der Waals surface area contributed by atoms with E-state index in [-0.39, 0.29) is 10.6 Å². The molecule has 1 aromatic rings. The average Bonchev–Trinajstić information content (AvgIpc) is 2.57. The Morgan fingerprint density at radius 1 is 1.30 bits per heavy atom. The summed E-state index contributed by atoms with van der Waals surface area (Å²) in [5.74, 6) is 0.502. The quantitative estimate of drug-likeness (QED) is 0.633. The smallest absolute Gasteiger partial charge is 0.269 e. The van der Waals surface area contributed by atoms with E-state index >= 15 is 0 Å². The molecule has 0 unspecified atom stereocenters. The SMILES string of the molecule is C[C@@H]1CC2(CCCCC2)[NH2+]Cc2cc([N+](=O)[O-])ccc21. The maximum absolute atomic E-state index is 10.9. The molecule has 1 saturated carbocycles. The molecule has 2 aliphatic rings. The van der Waals surface area contributed by atoms with Gasteiger partial charge in [0.2, 0.25) is 0 Å². The van der Waals surface area contributed by atoms with Crippen LogP contribution >= 0.6 is 0 Å². The monoisotopic (exact) mass is 275 g/mol. The van der Waals surface area contributed by atoms with E-state index in [1.807, 2.05) is 6.07 Å². The van der Waals surface area contributed by atoms with Crippen LogP contribution in [0.1, 0.15) is 62.5 Å². The highest BCUT2D eigenvalue weighted by atomic mass is 16.6. The summed E-state index contributed by atoms with van der Waals surface area (Å²) >= 11 is 0. The first-order chi connectivity index (χ1) is 9.60. The number of nitro groups is 1. The minimum Gasteiger partial charge on any atom is -0.338 e. The molecule has 1 fully saturated rings. The van der Waals surface area contributed by atoms with Crippen molar-refractivity contribution in [3.63, 3.8) is 0 Å². The summed E-state index contributed by atoms with van der Waals surface area (Å²) in [7, 11) is 0. The number of nitro benzene ring substituents is 1. The lowest BCUT2D eigenvalue weighted by Crippen LogP contribution is -2.95. The molecule has 0 bridgehead atoms. The maximum atomic E-state index is 10.9. The first kappa shape index (κ1) is 13.6. The van der Waals surface area contributed by atoms with Crippen LogP contribution in [0.15, 0.2) is 18.2 Å². The Balaban J connectivity index is 1.90. The molecule has 0 amide bonds. The molecule has 0 aromatic heterocycles. The first-order valence-electron chi connectivity index (χ1n) is 7.71. The van der Waals surface area contributed by atoms with Gasteiger partial charge in [0.1, 0.15) is 6.54 Å². The lowest BCUT2D eigenvalue weighted by Gasteiger charge is -2.35. The van der Waals surface area contributed by atoms with Gasteiger partial charge in [0.15, 0.2) is 0 Å². The lowest BCUT2D eigenvalue weighted by atomic mass is 9.75. The number of non-ortho nitro benzene ring substituents is 1. The van der Waals surface area contributed by atoms with Gasteiger partial charge in [0.25, 0.3) is 5.69 Å². The zero-order chi connectivity index (χ0) is 14.2. The van der Waals surface area contributed by atoms with E-state index in [4.69, 9.17) is 0 Å². The Bertz CT molecular complexity index is 521. The molecule has 1 aliphatic carbocycles. The zero-order valence-corrected chi connectivity index (χ0v) is 12.1. The van der Waals surface area contributed by atoms with Crippen LogP contribution in [0.5, 0.6) is 0 Å². The second-order valence-corrected chi connectivity index (χ2v) is 6.58. The van der Waals surface area contributed by atoms with Gasteiger partial charge in [0, 0.05) is 37.0 Å². The van der Waals surface area contributed by atoms with Gasteiger partial charge in [-0.25, -0.2) is 0 Å². The summed E-state index contributed by atoms with van der Waals surface area (Å²) in [4.78, 5) is 10.7. The minimum absolute atomic E-state index is 0.226. The fourth-order valence-electron chi connectivity index (χ4n) is 4.16. The Kier molecular flexibility index (Phi) is 3.50. The summed E-state index contributed by atoms with van der Waals surface area (Å²) in [5.41, 5.74) is 3.08. The Morgan fingerprint density at radius 3 is 2.75 bits per heavy atom. The molecule has 1 aromatic carbocycles. The molecule has 108 valence electrons. The van der Waals surface area contributed by atoms with E-state index in [2.05, 4.69) is 12.2 Å². The molecule has 2 N–H and O–H groups in total. The van der Waals surface area contributed by atoms with E-state index in [1.54, 1.807) is 12.1 Å². The Labute approximate surface area is 119 Å². The van der Waals surface area contributed by atoms with Crippen molar-refractivity contribution in [3.05, 3.63) is 39.4 Å². The van der Waals surface area contributed by atoms with Crippen molar-refractivity contribution in [2.75, 3.05) is 0 Å². The predicted octanol–water partition coefficient (Wildman–Crippen LogP) is 2.87. The Hall–Kier alpha value is -1.42.